The largest absolute Gasteiger partial charge is 0.342 e. The third-order valence-corrected chi connectivity index (χ3v) is 4.74. The summed E-state index contributed by atoms with van der Waals surface area (Å²) in [6, 6.07) is 30.1. The molecule has 0 aliphatic carbocycles. The smallest absolute Gasteiger partial charge is 0.0998 e. The van der Waals surface area contributed by atoms with Crippen LogP contribution in [0.3, 0.4) is 0 Å². The van der Waals surface area contributed by atoms with Gasteiger partial charge in [-0.25, -0.2) is 0 Å². The van der Waals surface area contributed by atoms with E-state index in [-0.39, 0.29) is 0 Å². The molecular formula is C25H17N3. The van der Waals surface area contributed by atoms with Crippen LogP contribution in [0, 0.1) is 22.7 Å². The van der Waals surface area contributed by atoms with Crippen LogP contribution in [0.15, 0.2) is 85.1 Å². The predicted octanol–water partition coefficient (Wildman–Crippen LogP) is 5.63. The van der Waals surface area contributed by atoms with Crippen LogP contribution < -0.4 is 0 Å². The minimum absolute atomic E-state index is 0.541. The molecule has 0 amide bonds. The molecule has 3 aromatic carbocycles. The Hall–Kier alpha value is -4.08. The van der Waals surface area contributed by atoms with Crippen LogP contribution in [0.5, 0.6) is 0 Å². The number of fused-ring (bicyclic) bond motifs is 1. The lowest BCUT2D eigenvalue weighted by Crippen LogP contribution is -1.97. The summed E-state index contributed by atoms with van der Waals surface area (Å²) in [5.74, 6) is 0. The van der Waals surface area contributed by atoms with Gasteiger partial charge < -0.3 is 4.57 Å². The first-order chi connectivity index (χ1) is 13.8. The average Bonchev–Trinajstić information content (AvgIpc) is 3.10. The number of nitriles is 2. The quantitative estimate of drug-likeness (QED) is 0.444. The first-order valence-electron chi connectivity index (χ1n) is 9.02. The molecule has 0 radical (unpaired) electrons. The predicted molar refractivity (Wildman–Crippen MR) is 112 cm³/mol. The van der Waals surface area contributed by atoms with Gasteiger partial charge in [-0.3, -0.25) is 0 Å². The van der Waals surface area contributed by atoms with Crippen molar-refractivity contribution in [1.82, 2.24) is 4.57 Å². The first-order valence-corrected chi connectivity index (χ1v) is 9.02. The van der Waals surface area contributed by atoms with E-state index in [2.05, 4.69) is 47.2 Å². The van der Waals surface area contributed by atoms with Gasteiger partial charge in [0.15, 0.2) is 0 Å². The van der Waals surface area contributed by atoms with Crippen molar-refractivity contribution in [2.75, 3.05) is 0 Å². The van der Waals surface area contributed by atoms with Crippen molar-refractivity contribution in [3.8, 4) is 12.1 Å². The molecule has 28 heavy (non-hydrogen) atoms. The van der Waals surface area contributed by atoms with Gasteiger partial charge in [0.25, 0.3) is 0 Å². The Morgan fingerprint density at radius 2 is 1.68 bits per heavy atom. The highest BCUT2D eigenvalue weighted by Crippen LogP contribution is 2.27. The molecule has 0 aliphatic heterocycles. The van der Waals surface area contributed by atoms with Gasteiger partial charge in [0.05, 0.1) is 23.3 Å². The zero-order valence-electron chi connectivity index (χ0n) is 15.2. The van der Waals surface area contributed by atoms with Crippen molar-refractivity contribution in [2.45, 2.75) is 6.54 Å². The molecule has 3 nitrogen and oxygen atoms in total. The second-order valence-corrected chi connectivity index (χ2v) is 6.58. The number of aromatic nitrogens is 1. The van der Waals surface area contributed by atoms with Crippen molar-refractivity contribution in [3.05, 3.63) is 107 Å². The molecule has 4 aromatic rings. The zero-order chi connectivity index (χ0) is 19.3. The fourth-order valence-electron chi connectivity index (χ4n) is 3.39. The lowest BCUT2D eigenvalue weighted by atomic mass is 10.0. The summed E-state index contributed by atoms with van der Waals surface area (Å²) < 4.78 is 2.21. The molecule has 0 saturated heterocycles. The zero-order valence-corrected chi connectivity index (χ0v) is 15.2. The van der Waals surface area contributed by atoms with Crippen LogP contribution in [0.4, 0.5) is 0 Å². The van der Waals surface area contributed by atoms with Crippen LogP contribution in [0.25, 0.3) is 22.6 Å². The summed E-state index contributed by atoms with van der Waals surface area (Å²) in [6.07, 6.45) is 3.99. The summed E-state index contributed by atoms with van der Waals surface area (Å²) in [6.45, 7) is 0.765. The molecule has 3 heteroatoms. The van der Waals surface area contributed by atoms with Crippen LogP contribution in [0.2, 0.25) is 0 Å². The molecule has 132 valence electrons. The van der Waals surface area contributed by atoms with Gasteiger partial charge in [0, 0.05) is 29.2 Å². The summed E-state index contributed by atoms with van der Waals surface area (Å²) in [5.41, 5.74) is 5.18. The average molecular weight is 359 g/mol. The Kier molecular flexibility index (Phi) is 4.74. The van der Waals surface area contributed by atoms with Gasteiger partial charge in [0.1, 0.15) is 0 Å². The minimum Gasteiger partial charge on any atom is -0.342 e. The maximum Gasteiger partial charge on any atom is 0.0998 e. The lowest BCUT2D eigenvalue weighted by Gasteiger charge is -2.05. The Labute approximate surface area is 164 Å². The summed E-state index contributed by atoms with van der Waals surface area (Å²) in [4.78, 5) is 0. The van der Waals surface area contributed by atoms with E-state index < -0.39 is 0 Å². The second kappa shape index (κ2) is 7.66. The van der Waals surface area contributed by atoms with E-state index in [4.69, 9.17) is 5.26 Å². The molecule has 1 aromatic heterocycles. The number of hydrogen-bond acceptors (Lipinski definition) is 2. The molecule has 0 N–H and O–H groups in total. The van der Waals surface area contributed by atoms with Crippen molar-refractivity contribution >= 4 is 22.6 Å². The topological polar surface area (TPSA) is 52.5 Å². The summed E-state index contributed by atoms with van der Waals surface area (Å²) >= 11 is 0. The molecule has 0 fully saturated rings. The summed E-state index contributed by atoms with van der Waals surface area (Å²) in [7, 11) is 0. The highest BCUT2D eigenvalue weighted by Gasteiger charge is 2.09. The van der Waals surface area contributed by atoms with Crippen molar-refractivity contribution in [3.63, 3.8) is 0 Å². The lowest BCUT2D eigenvalue weighted by molar-refractivity contribution is 0.836. The van der Waals surface area contributed by atoms with E-state index in [1.807, 2.05) is 42.5 Å². The van der Waals surface area contributed by atoms with Crippen molar-refractivity contribution in [1.29, 1.82) is 10.5 Å². The molecule has 0 bridgehead atoms. The minimum atomic E-state index is 0.541. The third kappa shape index (κ3) is 3.43. The van der Waals surface area contributed by atoms with Crippen molar-refractivity contribution in [2.24, 2.45) is 0 Å². The van der Waals surface area contributed by atoms with Gasteiger partial charge in [-0.15, -0.1) is 0 Å². The SMILES string of the molecule is N#CC(=Cc1cn(Cc2ccccc2)c2ccccc12)c1cccc(C#N)c1. The van der Waals surface area contributed by atoms with Crippen LogP contribution >= 0.6 is 0 Å². The number of para-hydroxylation sites is 1. The maximum absolute atomic E-state index is 9.71. The molecule has 1 heterocycles. The Morgan fingerprint density at radius 1 is 0.893 bits per heavy atom. The summed E-state index contributed by atoms with van der Waals surface area (Å²) in [5, 5.41) is 19.9. The van der Waals surface area contributed by atoms with Gasteiger partial charge in [-0.1, -0.05) is 60.7 Å². The van der Waals surface area contributed by atoms with Gasteiger partial charge in [0.2, 0.25) is 0 Å². The molecular weight excluding hydrogens is 342 g/mol. The fraction of sp³-hybridized carbons (Fsp3) is 0.0400. The highest BCUT2D eigenvalue weighted by atomic mass is 15.0. The van der Waals surface area contributed by atoms with E-state index in [0.29, 0.717) is 11.1 Å². The van der Waals surface area contributed by atoms with Gasteiger partial charge in [-0.2, -0.15) is 10.5 Å². The molecule has 0 saturated carbocycles. The maximum atomic E-state index is 9.71. The van der Waals surface area contributed by atoms with Crippen molar-refractivity contribution < 1.29 is 0 Å². The molecule has 0 unspecified atom stereocenters. The van der Waals surface area contributed by atoms with Crippen LogP contribution in [-0.4, -0.2) is 4.57 Å². The normalized spacial score (nSPS) is 11.1. The number of hydrogen-bond donors (Lipinski definition) is 0. The monoisotopic (exact) mass is 359 g/mol. The number of benzene rings is 3. The Bertz CT molecular complexity index is 1250. The Balaban J connectivity index is 1.81. The Morgan fingerprint density at radius 3 is 2.46 bits per heavy atom. The van der Waals surface area contributed by atoms with Gasteiger partial charge >= 0.3 is 0 Å². The number of rotatable bonds is 4. The van der Waals surface area contributed by atoms with Gasteiger partial charge in [-0.05, 0) is 35.4 Å². The molecule has 0 spiro atoms. The number of allylic oxidation sites excluding steroid dienone is 1. The first kappa shape index (κ1) is 17.3. The standard InChI is InChI=1S/C25H17N3/c26-15-20-9-6-10-21(13-20)22(16-27)14-23-18-28(17-19-7-2-1-3-8-19)25-12-5-4-11-24(23)25/h1-14,18H,17H2. The van der Waals surface area contributed by atoms with E-state index in [0.717, 1.165) is 28.6 Å². The van der Waals surface area contributed by atoms with E-state index in [1.165, 1.54) is 5.56 Å². The van der Waals surface area contributed by atoms with E-state index in [9.17, 15) is 5.26 Å². The third-order valence-electron chi connectivity index (χ3n) is 4.74. The fourth-order valence-corrected chi connectivity index (χ4v) is 3.39. The molecule has 0 aliphatic rings. The molecule has 4 rings (SSSR count). The van der Waals surface area contributed by atoms with Crippen LogP contribution in [-0.2, 0) is 6.54 Å². The van der Waals surface area contributed by atoms with E-state index in [1.54, 1.807) is 18.2 Å². The van der Waals surface area contributed by atoms with E-state index >= 15 is 0 Å². The highest BCUT2D eigenvalue weighted by molar-refractivity contribution is 5.98. The second-order valence-electron chi connectivity index (χ2n) is 6.58. The molecule has 0 atom stereocenters. The van der Waals surface area contributed by atoms with Crippen LogP contribution in [0.1, 0.15) is 22.3 Å². The number of nitrogens with zero attached hydrogens (tertiary/aromatic N) is 3.